The summed E-state index contributed by atoms with van der Waals surface area (Å²) in [7, 11) is 0. The lowest BCUT2D eigenvalue weighted by molar-refractivity contribution is -0.106. The number of hydrogen-bond acceptors (Lipinski definition) is 4. The fourth-order valence-corrected chi connectivity index (χ4v) is 3.34. The van der Waals surface area contributed by atoms with Crippen molar-refractivity contribution in [1.29, 1.82) is 0 Å². The lowest BCUT2D eigenvalue weighted by Gasteiger charge is -2.01. The van der Waals surface area contributed by atoms with E-state index in [9.17, 15) is 14.0 Å². The number of rotatable bonds is 4. The van der Waals surface area contributed by atoms with Crippen molar-refractivity contribution in [1.82, 2.24) is 0 Å². The molecule has 0 atom stereocenters. The van der Waals surface area contributed by atoms with Gasteiger partial charge in [0, 0.05) is 21.0 Å². The maximum absolute atomic E-state index is 12.4. The molecule has 3 aromatic rings. The minimum Gasteiger partial charge on any atom is -0.478 e. The molecular formula is C20H14Cl2FNO3S. The van der Waals surface area contributed by atoms with Gasteiger partial charge in [-0.3, -0.25) is 4.79 Å². The van der Waals surface area contributed by atoms with Crippen molar-refractivity contribution in [2.45, 2.75) is 0 Å². The highest BCUT2D eigenvalue weighted by molar-refractivity contribution is 7.14. The highest BCUT2D eigenvalue weighted by Crippen LogP contribution is 2.33. The van der Waals surface area contributed by atoms with Crippen LogP contribution in [-0.4, -0.2) is 17.4 Å². The van der Waals surface area contributed by atoms with Gasteiger partial charge in [-0.1, -0.05) is 53.5 Å². The van der Waals surface area contributed by atoms with Gasteiger partial charge in [0.15, 0.2) is 12.1 Å². The number of carbonyl (C=O) groups excluding carboxylic acids is 1. The number of aldehydes is 1. The number of nitrogens with two attached hydrogens (primary N) is 1. The van der Waals surface area contributed by atoms with E-state index in [1.807, 2.05) is 0 Å². The number of benzene rings is 2. The van der Waals surface area contributed by atoms with Crippen LogP contribution < -0.4 is 5.73 Å². The van der Waals surface area contributed by atoms with Crippen molar-refractivity contribution in [3.8, 4) is 11.1 Å². The summed E-state index contributed by atoms with van der Waals surface area (Å²) in [5.74, 6) is -1.84. The number of hydrogen-bond donors (Lipinski definition) is 2. The van der Waals surface area contributed by atoms with Crippen LogP contribution in [0.4, 0.5) is 9.39 Å². The maximum Gasteiger partial charge on any atom is 0.339 e. The van der Waals surface area contributed by atoms with E-state index in [4.69, 9.17) is 34.0 Å². The Hall–Kier alpha value is -2.67. The zero-order valence-electron chi connectivity index (χ0n) is 14.2. The van der Waals surface area contributed by atoms with Gasteiger partial charge in [0.25, 0.3) is 0 Å². The molecule has 0 aliphatic heterocycles. The van der Waals surface area contributed by atoms with Gasteiger partial charge in [-0.2, -0.15) is 0 Å². The van der Waals surface area contributed by atoms with Gasteiger partial charge < -0.3 is 10.8 Å². The summed E-state index contributed by atoms with van der Waals surface area (Å²) in [6.45, 7) is 0. The lowest BCUT2D eigenvalue weighted by Crippen LogP contribution is -2.00. The van der Waals surface area contributed by atoms with Crippen LogP contribution in [0.25, 0.3) is 17.2 Å². The van der Waals surface area contributed by atoms with Gasteiger partial charge in [0.2, 0.25) is 0 Å². The van der Waals surface area contributed by atoms with Crippen molar-refractivity contribution in [2.75, 3.05) is 5.73 Å². The summed E-state index contributed by atoms with van der Waals surface area (Å²) in [6.07, 6.45) is 1.23. The molecule has 0 fully saturated rings. The van der Waals surface area contributed by atoms with Crippen LogP contribution in [0.3, 0.4) is 0 Å². The number of halogens is 3. The standard InChI is InChI=1S/C11H8ClNO2S.C9H6ClFO/c12-7-3-1-6(2-4-7)8-5-16-10(13)9(8)11(14)15;10-9-4-2-1-3-7(9)5-8(11)6-12/h1-5H,13H2,(H,14,15);1-6H/b;8-5-. The van der Waals surface area contributed by atoms with Crippen LogP contribution in [0.2, 0.25) is 10.0 Å². The van der Waals surface area contributed by atoms with Crippen molar-refractivity contribution in [3.05, 3.63) is 80.9 Å². The Kier molecular flexibility index (Phi) is 7.75. The second kappa shape index (κ2) is 10.0. The third-order valence-corrected chi connectivity index (χ3v) is 4.91. The van der Waals surface area contributed by atoms with Gasteiger partial charge in [0.1, 0.15) is 10.6 Å². The summed E-state index contributed by atoms with van der Waals surface area (Å²) in [5.41, 5.74) is 7.72. The summed E-state index contributed by atoms with van der Waals surface area (Å²) in [6, 6.07) is 13.7. The number of carboxylic acid groups (broad SMARTS) is 1. The number of carbonyl (C=O) groups is 2. The lowest BCUT2D eigenvalue weighted by atomic mass is 10.0. The Morgan fingerprint density at radius 1 is 1.11 bits per heavy atom. The Labute approximate surface area is 174 Å². The Morgan fingerprint density at radius 2 is 1.75 bits per heavy atom. The van der Waals surface area contributed by atoms with E-state index in [1.54, 1.807) is 53.9 Å². The molecule has 1 aromatic heterocycles. The number of allylic oxidation sites excluding steroid dienone is 1. The molecule has 1 heterocycles. The zero-order chi connectivity index (χ0) is 20.7. The van der Waals surface area contributed by atoms with Gasteiger partial charge >= 0.3 is 5.97 Å². The minimum absolute atomic E-state index is 0.142. The number of thiophene rings is 1. The molecule has 3 rings (SSSR count). The largest absolute Gasteiger partial charge is 0.478 e. The topological polar surface area (TPSA) is 80.4 Å². The molecule has 4 nitrogen and oxygen atoms in total. The molecule has 0 aliphatic rings. The molecule has 0 aliphatic carbocycles. The monoisotopic (exact) mass is 437 g/mol. The van der Waals surface area contributed by atoms with E-state index in [2.05, 4.69) is 0 Å². The molecule has 144 valence electrons. The van der Waals surface area contributed by atoms with Crippen LogP contribution >= 0.6 is 34.5 Å². The first-order valence-corrected chi connectivity index (χ1v) is 9.40. The van der Waals surface area contributed by atoms with Crippen LogP contribution in [0.15, 0.2) is 59.7 Å². The number of nitrogen functional groups attached to an aromatic ring is 1. The highest BCUT2D eigenvalue weighted by Gasteiger charge is 2.17. The molecule has 0 unspecified atom stereocenters. The molecule has 3 N–H and O–H groups in total. The smallest absolute Gasteiger partial charge is 0.339 e. The quantitative estimate of drug-likeness (QED) is 0.376. The first-order valence-electron chi connectivity index (χ1n) is 7.76. The number of aromatic carboxylic acids is 1. The van der Waals surface area contributed by atoms with Crippen molar-refractivity contribution in [2.24, 2.45) is 0 Å². The van der Waals surface area contributed by atoms with E-state index >= 15 is 0 Å². The van der Waals surface area contributed by atoms with E-state index in [-0.39, 0.29) is 11.8 Å². The Bertz CT molecular complexity index is 1020. The summed E-state index contributed by atoms with van der Waals surface area (Å²) in [4.78, 5) is 21.0. The fourth-order valence-electron chi connectivity index (χ4n) is 2.21. The molecule has 0 saturated carbocycles. The maximum atomic E-state index is 12.4. The van der Waals surface area contributed by atoms with Gasteiger partial charge in [-0.05, 0) is 35.4 Å². The van der Waals surface area contributed by atoms with Crippen LogP contribution in [0, 0.1) is 0 Å². The molecule has 0 amide bonds. The third-order valence-electron chi connectivity index (χ3n) is 3.50. The average molecular weight is 438 g/mol. The average Bonchev–Trinajstić information content (AvgIpc) is 3.06. The second-order valence-electron chi connectivity index (χ2n) is 5.37. The van der Waals surface area contributed by atoms with Crippen LogP contribution in [0.5, 0.6) is 0 Å². The van der Waals surface area contributed by atoms with Crippen molar-refractivity contribution in [3.63, 3.8) is 0 Å². The molecule has 0 bridgehead atoms. The molecule has 8 heteroatoms. The van der Waals surface area contributed by atoms with Crippen LogP contribution in [0.1, 0.15) is 15.9 Å². The second-order valence-corrected chi connectivity index (χ2v) is 7.12. The molecular weight excluding hydrogens is 424 g/mol. The molecule has 0 saturated heterocycles. The van der Waals surface area contributed by atoms with Gasteiger partial charge in [0.05, 0.1) is 0 Å². The van der Waals surface area contributed by atoms with Crippen LogP contribution in [-0.2, 0) is 4.79 Å². The summed E-state index contributed by atoms with van der Waals surface area (Å²) in [5, 5.41) is 12.1. The summed E-state index contributed by atoms with van der Waals surface area (Å²) >= 11 is 12.7. The van der Waals surface area contributed by atoms with E-state index in [1.165, 1.54) is 11.3 Å². The third kappa shape index (κ3) is 5.66. The first-order chi connectivity index (χ1) is 13.3. The zero-order valence-corrected chi connectivity index (χ0v) is 16.6. The fraction of sp³-hybridized carbons (Fsp3) is 0. The van der Waals surface area contributed by atoms with Gasteiger partial charge in [-0.15, -0.1) is 11.3 Å². The molecule has 2 aromatic carbocycles. The highest BCUT2D eigenvalue weighted by atomic mass is 35.5. The normalized spacial score (nSPS) is 10.8. The van der Waals surface area contributed by atoms with Crippen molar-refractivity contribution < 1.29 is 19.1 Å². The Morgan fingerprint density at radius 3 is 2.32 bits per heavy atom. The van der Waals surface area contributed by atoms with E-state index in [0.717, 1.165) is 11.6 Å². The predicted octanol–water partition coefficient (Wildman–Crippen LogP) is 6.20. The number of carboxylic acids is 1. The van der Waals surface area contributed by atoms with E-state index < -0.39 is 11.8 Å². The molecule has 0 spiro atoms. The van der Waals surface area contributed by atoms with Gasteiger partial charge in [-0.25, -0.2) is 9.18 Å². The van der Waals surface area contributed by atoms with Crippen molar-refractivity contribution >= 4 is 57.9 Å². The number of anilines is 1. The first kappa shape index (κ1) is 21.6. The minimum atomic E-state index is -1.01. The SMILES string of the molecule is Nc1scc(-c2ccc(Cl)cc2)c1C(=O)O.O=C/C(F)=C/c1ccccc1Cl. The summed E-state index contributed by atoms with van der Waals surface area (Å²) < 4.78 is 12.4. The molecule has 0 radical (unpaired) electrons. The van der Waals surface area contributed by atoms with E-state index in [0.29, 0.717) is 26.2 Å². The Balaban J connectivity index is 0.000000209. The predicted molar refractivity (Wildman–Crippen MR) is 113 cm³/mol. The molecule has 28 heavy (non-hydrogen) atoms.